The average Bonchev–Trinajstić information content (AvgIpc) is 3.47. The number of carbonyl (C=O) groups is 2. The first-order chi connectivity index (χ1) is 16.7. The van der Waals surface area contributed by atoms with E-state index in [0.29, 0.717) is 28.2 Å². The minimum absolute atomic E-state index is 0.0759. The van der Waals surface area contributed by atoms with Crippen molar-refractivity contribution in [1.82, 2.24) is 14.9 Å². The minimum atomic E-state index is -2.20. The number of hydrogen-bond donors (Lipinski definition) is 3. The number of carbonyl (C=O) groups excluding carboxylic acids is 2. The molecule has 5 rings (SSSR count). The first kappa shape index (κ1) is 22.5. The van der Waals surface area contributed by atoms with Crippen molar-refractivity contribution < 1.29 is 28.3 Å². The van der Waals surface area contributed by atoms with Crippen LogP contribution in [0.2, 0.25) is 0 Å². The normalized spacial score (nSPS) is 18.0. The van der Waals surface area contributed by atoms with Crippen LogP contribution in [0.3, 0.4) is 0 Å². The molecule has 1 aliphatic heterocycles. The van der Waals surface area contributed by atoms with Crippen molar-refractivity contribution in [3.63, 3.8) is 0 Å². The van der Waals surface area contributed by atoms with Crippen molar-refractivity contribution in [3.05, 3.63) is 60.5 Å². The molecule has 35 heavy (non-hydrogen) atoms. The van der Waals surface area contributed by atoms with E-state index in [9.17, 15) is 19.1 Å². The van der Waals surface area contributed by atoms with E-state index in [1.807, 2.05) is 0 Å². The van der Waals surface area contributed by atoms with Gasteiger partial charge in [0.05, 0.1) is 24.2 Å². The van der Waals surface area contributed by atoms with Crippen LogP contribution in [-0.2, 0) is 14.3 Å². The molecule has 4 aromatic rings. The zero-order valence-electron chi connectivity index (χ0n) is 18.5. The molecular weight excluding hydrogens is 459 g/mol. The maximum Gasteiger partial charge on any atom is 0.260 e. The Labute approximate surface area is 197 Å². The quantitative estimate of drug-likeness (QED) is 0.392. The highest BCUT2D eigenvalue weighted by atomic mass is 19.1. The molecule has 0 aliphatic carbocycles. The Morgan fingerprint density at radius 1 is 1.26 bits per heavy atom. The molecule has 1 fully saturated rings. The van der Waals surface area contributed by atoms with E-state index in [-0.39, 0.29) is 24.8 Å². The average molecular weight is 480 g/mol. The lowest BCUT2D eigenvalue weighted by molar-refractivity contribution is -0.165. The summed E-state index contributed by atoms with van der Waals surface area (Å²) in [6.45, 7) is 1.46. The van der Waals surface area contributed by atoms with E-state index in [2.05, 4.69) is 15.6 Å². The van der Waals surface area contributed by atoms with Crippen LogP contribution in [-0.4, -0.2) is 56.7 Å². The fourth-order valence-corrected chi connectivity index (χ4v) is 3.82. The van der Waals surface area contributed by atoms with E-state index < -0.39 is 23.5 Å². The van der Waals surface area contributed by atoms with Gasteiger partial charge in [0.2, 0.25) is 0 Å². The number of morpholine rings is 1. The molecule has 3 heterocycles. The molecule has 2 atom stereocenters. The third-order valence-corrected chi connectivity index (χ3v) is 5.76. The van der Waals surface area contributed by atoms with Gasteiger partial charge in [0.15, 0.2) is 28.9 Å². The van der Waals surface area contributed by atoms with Crippen molar-refractivity contribution in [1.29, 1.82) is 0 Å². The lowest BCUT2D eigenvalue weighted by Gasteiger charge is -2.37. The van der Waals surface area contributed by atoms with Gasteiger partial charge >= 0.3 is 0 Å². The summed E-state index contributed by atoms with van der Waals surface area (Å²) < 4.78 is 25.3. The molecule has 0 spiro atoms. The number of aromatic nitrogens is 3. The van der Waals surface area contributed by atoms with Gasteiger partial charge in [-0.1, -0.05) is 5.16 Å². The van der Waals surface area contributed by atoms with Gasteiger partial charge < -0.3 is 25.4 Å². The minimum Gasteiger partial charge on any atom is -0.380 e. The van der Waals surface area contributed by atoms with Crippen molar-refractivity contribution >= 4 is 40.1 Å². The summed E-state index contributed by atoms with van der Waals surface area (Å²) in [5, 5.41) is 22.2. The smallest absolute Gasteiger partial charge is 0.260 e. The van der Waals surface area contributed by atoms with Gasteiger partial charge in [-0.15, -0.1) is 5.10 Å². The van der Waals surface area contributed by atoms with Crippen molar-refractivity contribution in [2.24, 2.45) is 0 Å². The van der Waals surface area contributed by atoms with Crippen LogP contribution in [0.4, 0.5) is 21.7 Å². The van der Waals surface area contributed by atoms with Crippen LogP contribution in [0.5, 0.6) is 0 Å². The fraction of sp³-hybridized carbons (Fsp3) is 0.217. The Hall–Kier alpha value is -4.29. The zero-order chi connectivity index (χ0) is 24.7. The Kier molecular flexibility index (Phi) is 5.46. The Bertz CT molecular complexity index is 1410. The molecule has 0 radical (unpaired) electrons. The number of aliphatic hydroxyl groups is 1. The molecule has 12 heteroatoms. The largest absolute Gasteiger partial charge is 0.380 e. The van der Waals surface area contributed by atoms with Crippen LogP contribution in [0.25, 0.3) is 16.7 Å². The highest BCUT2D eigenvalue weighted by molar-refractivity contribution is 6.06. The number of nitrogens with zero attached hydrogens (tertiary/aromatic N) is 4. The van der Waals surface area contributed by atoms with E-state index in [1.165, 1.54) is 34.7 Å². The Morgan fingerprint density at radius 3 is 2.80 bits per heavy atom. The summed E-state index contributed by atoms with van der Waals surface area (Å²) in [6.07, 6.45) is 0.147. The van der Waals surface area contributed by atoms with Crippen molar-refractivity contribution in [2.45, 2.75) is 18.6 Å². The van der Waals surface area contributed by atoms with Crippen molar-refractivity contribution in [3.8, 4) is 5.69 Å². The third-order valence-electron chi connectivity index (χ3n) is 5.76. The number of nitrogens with two attached hydrogens (primary N) is 1. The summed E-state index contributed by atoms with van der Waals surface area (Å²) in [7, 11) is 0. The number of fused-ring (bicyclic) bond motifs is 1. The number of amides is 2. The van der Waals surface area contributed by atoms with E-state index >= 15 is 0 Å². The number of benzene rings is 2. The standard InChI is InChI=1S/C23H21FN6O5/c1-23(33,22(32)26-14-4-7-16-17(12-14)35-28-20(16)25)19-21(31)29(10-11-34-19)18-8-9-30(27-18)15-5-2-13(24)3-6-15/h2-9,12,19,33H,10-11H2,1H3,(H2,25,28)(H,26,32)/t19-,23?/m0/s1. The van der Waals surface area contributed by atoms with Crippen LogP contribution >= 0.6 is 0 Å². The summed E-state index contributed by atoms with van der Waals surface area (Å²) in [6, 6.07) is 12.0. The lowest BCUT2D eigenvalue weighted by Crippen LogP contribution is -2.61. The predicted molar refractivity (Wildman–Crippen MR) is 123 cm³/mol. The molecular formula is C23H21FN6O5. The fourth-order valence-electron chi connectivity index (χ4n) is 3.82. The molecule has 0 saturated carbocycles. The third kappa shape index (κ3) is 4.09. The van der Waals surface area contributed by atoms with Crippen LogP contribution in [0.15, 0.2) is 59.3 Å². The van der Waals surface area contributed by atoms with E-state index in [1.54, 1.807) is 36.5 Å². The van der Waals surface area contributed by atoms with Crippen LogP contribution in [0.1, 0.15) is 6.92 Å². The van der Waals surface area contributed by atoms with Gasteiger partial charge in [-0.2, -0.15) is 0 Å². The van der Waals surface area contributed by atoms with Crippen LogP contribution in [0, 0.1) is 5.82 Å². The number of nitrogen functional groups attached to an aromatic ring is 1. The first-order valence-corrected chi connectivity index (χ1v) is 10.7. The predicted octanol–water partition coefficient (Wildman–Crippen LogP) is 1.86. The second-order valence-corrected chi connectivity index (χ2v) is 8.22. The molecule has 2 aromatic carbocycles. The summed E-state index contributed by atoms with van der Waals surface area (Å²) in [5.74, 6) is -1.33. The van der Waals surface area contributed by atoms with Gasteiger partial charge in [0.25, 0.3) is 11.8 Å². The highest BCUT2D eigenvalue weighted by Crippen LogP contribution is 2.27. The second kappa shape index (κ2) is 8.49. The zero-order valence-corrected chi connectivity index (χ0v) is 18.5. The van der Waals surface area contributed by atoms with E-state index in [0.717, 1.165) is 0 Å². The number of hydrogen-bond acceptors (Lipinski definition) is 8. The van der Waals surface area contributed by atoms with Crippen LogP contribution < -0.4 is 16.0 Å². The maximum absolute atomic E-state index is 13.2. The Morgan fingerprint density at radius 2 is 2.03 bits per heavy atom. The van der Waals surface area contributed by atoms with Crippen molar-refractivity contribution in [2.75, 3.05) is 29.1 Å². The van der Waals surface area contributed by atoms with Gasteiger partial charge in [-0.25, -0.2) is 9.07 Å². The number of anilines is 3. The molecule has 2 amide bonds. The lowest BCUT2D eigenvalue weighted by atomic mass is 9.95. The van der Waals surface area contributed by atoms with Gasteiger partial charge in [-0.3, -0.25) is 14.5 Å². The summed E-state index contributed by atoms with van der Waals surface area (Å²) in [5.41, 5.74) is 4.77. The van der Waals surface area contributed by atoms with Gasteiger partial charge in [-0.05, 0) is 43.3 Å². The molecule has 1 saturated heterocycles. The highest BCUT2D eigenvalue weighted by Gasteiger charge is 2.48. The number of ether oxygens (including phenoxy) is 1. The molecule has 180 valence electrons. The molecule has 2 aromatic heterocycles. The number of rotatable bonds is 5. The summed E-state index contributed by atoms with van der Waals surface area (Å²) >= 11 is 0. The molecule has 1 aliphatic rings. The van der Waals surface area contributed by atoms with E-state index in [4.69, 9.17) is 15.0 Å². The SMILES string of the molecule is CC(O)(C(=O)Nc1ccc2c(N)noc2c1)[C@H]1OCCN(c2ccn(-c3ccc(F)cc3)n2)C1=O. The number of halogens is 1. The summed E-state index contributed by atoms with van der Waals surface area (Å²) in [4.78, 5) is 27.5. The monoisotopic (exact) mass is 480 g/mol. The topological polar surface area (TPSA) is 149 Å². The molecule has 1 unspecified atom stereocenters. The van der Waals surface area contributed by atoms with Gasteiger partial charge in [0, 0.05) is 24.0 Å². The number of nitrogens with one attached hydrogen (secondary N) is 1. The second-order valence-electron chi connectivity index (χ2n) is 8.22. The maximum atomic E-state index is 13.2. The van der Waals surface area contributed by atoms with Gasteiger partial charge in [0.1, 0.15) is 5.82 Å². The first-order valence-electron chi connectivity index (χ1n) is 10.7. The molecule has 0 bridgehead atoms. The molecule has 4 N–H and O–H groups in total. The molecule has 11 nitrogen and oxygen atoms in total. The Balaban J connectivity index is 1.33.